The van der Waals surface area contributed by atoms with E-state index in [-0.39, 0.29) is 5.56 Å². The lowest BCUT2D eigenvalue weighted by molar-refractivity contribution is 0.677. The zero-order valence-corrected chi connectivity index (χ0v) is 13.9. The SMILES string of the molecule is O=c1[nH]c(Cc2ccc(Cl)cc2)nc(C2CCCC2)c1Br. The predicted molar refractivity (Wildman–Crippen MR) is 88.0 cm³/mol. The molecule has 110 valence electrons. The topological polar surface area (TPSA) is 45.8 Å². The van der Waals surface area contributed by atoms with Crippen molar-refractivity contribution in [2.24, 2.45) is 0 Å². The Morgan fingerprint density at radius 3 is 2.57 bits per heavy atom. The van der Waals surface area contributed by atoms with Crippen LogP contribution in [0.5, 0.6) is 0 Å². The molecule has 5 heteroatoms. The zero-order valence-electron chi connectivity index (χ0n) is 11.5. The lowest BCUT2D eigenvalue weighted by Crippen LogP contribution is -2.17. The number of rotatable bonds is 3. The van der Waals surface area contributed by atoms with Crippen molar-refractivity contribution in [3.05, 3.63) is 61.2 Å². The van der Waals surface area contributed by atoms with Crippen molar-refractivity contribution >= 4 is 27.5 Å². The Bertz CT molecular complexity index is 690. The molecule has 3 rings (SSSR count). The van der Waals surface area contributed by atoms with Gasteiger partial charge < -0.3 is 4.98 Å². The minimum atomic E-state index is -0.0872. The Morgan fingerprint density at radius 1 is 1.24 bits per heavy atom. The molecule has 1 aliphatic carbocycles. The van der Waals surface area contributed by atoms with E-state index in [9.17, 15) is 4.79 Å². The van der Waals surface area contributed by atoms with Gasteiger partial charge in [0.25, 0.3) is 5.56 Å². The summed E-state index contributed by atoms with van der Waals surface area (Å²) in [6, 6.07) is 7.62. The average Bonchev–Trinajstić information content (AvgIpc) is 2.99. The van der Waals surface area contributed by atoms with E-state index in [1.165, 1.54) is 12.8 Å². The molecular formula is C16H16BrClN2O. The summed E-state index contributed by atoms with van der Waals surface area (Å²) < 4.78 is 0.592. The quantitative estimate of drug-likeness (QED) is 0.872. The van der Waals surface area contributed by atoms with Gasteiger partial charge in [-0.2, -0.15) is 0 Å². The Kier molecular flexibility index (Phi) is 4.45. The number of halogens is 2. The number of aromatic amines is 1. The van der Waals surface area contributed by atoms with Crippen molar-refractivity contribution in [3.63, 3.8) is 0 Å². The molecule has 1 aromatic heterocycles. The molecule has 0 spiro atoms. The van der Waals surface area contributed by atoms with Crippen LogP contribution in [0.1, 0.15) is 48.7 Å². The monoisotopic (exact) mass is 366 g/mol. The van der Waals surface area contributed by atoms with Crippen LogP contribution in [0, 0.1) is 0 Å². The van der Waals surface area contributed by atoms with Gasteiger partial charge in [0.1, 0.15) is 10.3 Å². The molecule has 1 N–H and O–H groups in total. The number of aromatic nitrogens is 2. The maximum atomic E-state index is 12.1. The summed E-state index contributed by atoms with van der Waals surface area (Å²) in [5, 5.41) is 0.711. The van der Waals surface area contributed by atoms with E-state index >= 15 is 0 Å². The molecule has 0 unspecified atom stereocenters. The van der Waals surface area contributed by atoms with E-state index in [0.717, 1.165) is 24.1 Å². The van der Waals surface area contributed by atoms with E-state index < -0.39 is 0 Å². The second-order valence-electron chi connectivity index (χ2n) is 5.50. The lowest BCUT2D eigenvalue weighted by atomic mass is 10.0. The highest BCUT2D eigenvalue weighted by Gasteiger charge is 2.23. The highest BCUT2D eigenvalue weighted by atomic mass is 79.9. The van der Waals surface area contributed by atoms with Crippen LogP contribution in [0.2, 0.25) is 5.02 Å². The minimum absolute atomic E-state index is 0.0872. The van der Waals surface area contributed by atoms with E-state index in [2.05, 4.69) is 20.9 Å². The predicted octanol–water partition coefficient (Wildman–Crippen LogP) is 4.43. The second-order valence-corrected chi connectivity index (χ2v) is 6.73. The van der Waals surface area contributed by atoms with Gasteiger partial charge in [0.05, 0.1) is 5.69 Å². The van der Waals surface area contributed by atoms with Gasteiger partial charge in [0, 0.05) is 17.4 Å². The van der Waals surface area contributed by atoms with E-state index in [1.54, 1.807) is 0 Å². The van der Waals surface area contributed by atoms with Gasteiger partial charge in [0.2, 0.25) is 0 Å². The molecule has 0 saturated heterocycles. The van der Waals surface area contributed by atoms with Gasteiger partial charge in [0.15, 0.2) is 0 Å². The van der Waals surface area contributed by atoms with Crippen LogP contribution < -0.4 is 5.56 Å². The molecule has 3 nitrogen and oxygen atoms in total. The molecule has 0 aliphatic heterocycles. The second kappa shape index (κ2) is 6.32. The molecule has 0 bridgehead atoms. The molecule has 2 aromatic rings. The van der Waals surface area contributed by atoms with Crippen LogP contribution in [0.3, 0.4) is 0 Å². The van der Waals surface area contributed by atoms with Gasteiger partial charge in [-0.05, 0) is 46.5 Å². The van der Waals surface area contributed by atoms with Gasteiger partial charge in [-0.25, -0.2) is 4.98 Å². The van der Waals surface area contributed by atoms with Crippen molar-refractivity contribution in [2.45, 2.75) is 38.0 Å². The van der Waals surface area contributed by atoms with Gasteiger partial charge in [-0.15, -0.1) is 0 Å². The van der Waals surface area contributed by atoms with Crippen LogP contribution >= 0.6 is 27.5 Å². The van der Waals surface area contributed by atoms with E-state index in [1.807, 2.05) is 24.3 Å². The van der Waals surface area contributed by atoms with Gasteiger partial charge in [-0.1, -0.05) is 36.6 Å². The summed E-state index contributed by atoms with van der Waals surface area (Å²) >= 11 is 9.29. The Hall–Kier alpha value is -1.13. The number of nitrogens with one attached hydrogen (secondary N) is 1. The van der Waals surface area contributed by atoms with Crippen LogP contribution in [0.4, 0.5) is 0 Å². The number of hydrogen-bond donors (Lipinski definition) is 1. The fourth-order valence-electron chi connectivity index (χ4n) is 2.87. The first-order valence-electron chi connectivity index (χ1n) is 7.16. The highest BCUT2D eigenvalue weighted by molar-refractivity contribution is 9.10. The van der Waals surface area contributed by atoms with Crippen LogP contribution in [-0.4, -0.2) is 9.97 Å². The van der Waals surface area contributed by atoms with Crippen LogP contribution in [0.25, 0.3) is 0 Å². The number of H-pyrrole nitrogens is 1. The third kappa shape index (κ3) is 3.38. The average molecular weight is 368 g/mol. The first-order valence-corrected chi connectivity index (χ1v) is 8.33. The summed E-state index contributed by atoms with van der Waals surface area (Å²) in [4.78, 5) is 19.7. The third-order valence-corrected chi connectivity index (χ3v) is 4.98. The molecule has 1 fully saturated rings. The molecule has 21 heavy (non-hydrogen) atoms. The molecule has 0 radical (unpaired) electrons. The molecular weight excluding hydrogens is 352 g/mol. The fraction of sp³-hybridized carbons (Fsp3) is 0.375. The Morgan fingerprint density at radius 2 is 1.90 bits per heavy atom. The summed E-state index contributed by atoms with van der Waals surface area (Å²) in [6.07, 6.45) is 5.29. The smallest absolute Gasteiger partial charge is 0.265 e. The Balaban J connectivity index is 1.92. The fourth-order valence-corrected chi connectivity index (χ4v) is 3.51. The van der Waals surface area contributed by atoms with Crippen molar-refractivity contribution in [3.8, 4) is 0 Å². The molecule has 0 amide bonds. The molecule has 0 atom stereocenters. The molecule has 1 aliphatic rings. The van der Waals surface area contributed by atoms with Gasteiger partial charge >= 0.3 is 0 Å². The normalized spacial score (nSPS) is 15.5. The third-order valence-electron chi connectivity index (χ3n) is 3.96. The molecule has 1 aromatic carbocycles. The highest BCUT2D eigenvalue weighted by Crippen LogP contribution is 2.35. The van der Waals surface area contributed by atoms with Crippen molar-refractivity contribution < 1.29 is 0 Å². The van der Waals surface area contributed by atoms with Crippen LogP contribution in [-0.2, 0) is 6.42 Å². The molecule has 1 saturated carbocycles. The largest absolute Gasteiger partial charge is 0.309 e. The summed E-state index contributed by atoms with van der Waals surface area (Å²) in [7, 11) is 0. The van der Waals surface area contributed by atoms with E-state index in [4.69, 9.17) is 16.6 Å². The van der Waals surface area contributed by atoms with Crippen molar-refractivity contribution in [1.82, 2.24) is 9.97 Å². The number of hydrogen-bond acceptors (Lipinski definition) is 2. The standard InChI is InChI=1S/C16H16BrClN2O/c17-14-15(11-3-1-2-4-11)19-13(20-16(14)21)9-10-5-7-12(18)8-6-10/h5-8,11H,1-4,9H2,(H,19,20,21). The first-order chi connectivity index (χ1) is 10.1. The lowest BCUT2D eigenvalue weighted by Gasteiger charge is -2.12. The maximum Gasteiger partial charge on any atom is 0.265 e. The van der Waals surface area contributed by atoms with E-state index in [0.29, 0.717) is 27.7 Å². The minimum Gasteiger partial charge on any atom is -0.309 e. The maximum absolute atomic E-state index is 12.1. The summed E-state index contributed by atoms with van der Waals surface area (Å²) in [5.74, 6) is 1.12. The summed E-state index contributed by atoms with van der Waals surface area (Å²) in [6.45, 7) is 0. The van der Waals surface area contributed by atoms with Gasteiger partial charge in [-0.3, -0.25) is 4.79 Å². The zero-order chi connectivity index (χ0) is 14.8. The number of benzene rings is 1. The van der Waals surface area contributed by atoms with Crippen molar-refractivity contribution in [2.75, 3.05) is 0 Å². The van der Waals surface area contributed by atoms with Crippen molar-refractivity contribution in [1.29, 1.82) is 0 Å². The summed E-state index contributed by atoms with van der Waals surface area (Å²) in [5.41, 5.74) is 1.92. The van der Waals surface area contributed by atoms with Crippen LogP contribution in [0.15, 0.2) is 33.5 Å². The molecule has 1 heterocycles. The Labute approximate surface area is 136 Å². The first kappa shape index (κ1) is 14.8. The number of nitrogens with zero attached hydrogens (tertiary/aromatic N) is 1.